The van der Waals surface area contributed by atoms with Crippen LogP contribution in [-0.4, -0.2) is 39.9 Å². The van der Waals surface area contributed by atoms with Crippen molar-refractivity contribution in [2.24, 2.45) is 13.0 Å². The molecule has 1 aromatic rings. The first-order valence-corrected chi connectivity index (χ1v) is 8.08. The lowest BCUT2D eigenvalue weighted by molar-refractivity contribution is -0.142. The molecule has 1 amide bonds. The molecule has 10 heteroatoms. The first-order chi connectivity index (χ1) is 12.1. The average Bonchev–Trinajstić information content (AvgIpc) is 2.54. The number of ether oxygens (including phenoxy) is 1. The first-order valence-electron chi connectivity index (χ1n) is 8.08. The summed E-state index contributed by atoms with van der Waals surface area (Å²) in [6.45, 7) is 4.64. The molecule has 0 unspecified atom stereocenters. The number of carbonyl (C=O) groups excluding carboxylic acids is 3. The van der Waals surface area contributed by atoms with Gasteiger partial charge >= 0.3 is 11.7 Å². The summed E-state index contributed by atoms with van der Waals surface area (Å²) in [6.07, 6.45) is -0.118. The highest BCUT2D eigenvalue weighted by atomic mass is 16.5. The molecule has 1 rings (SSSR count). The Morgan fingerprint density at radius 1 is 1.23 bits per heavy atom. The van der Waals surface area contributed by atoms with Crippen molar-refractivity contribution in [2.45, 2.75) is 33.7 Å². The summed E-state index contributed by atoms with van der Waals surface area (Å²) in [6, 6.07) is 0. The van der Waals surface area contributed by atoms with E-state index in [1.807, 2.05) is 13.8 Å². The van der Waals surface area contributed by atoms with Crippen LogP contribution in [0, 0.1) is 5.92 Å². The summed E-state index contributed by atoms with van der Waals surface area (Å²) in [5.41, 5.74) is 4.02. The van der Waals surface area contributed by atoms with Gasteiger partial charge in [-0.1, -0.05) is 13.8 Å². The minimum Gasteiger partial charge on any atom is -0.457 e. The van der Waals surface area contributed by atoms with Crippen molar-refractivity contribution in [1.82, 2.24) is 14.5 Å². The summed E-state index contributed by atoms with van der Waals surface area (Å²) < 4.78 is 6.76. The topological polar surface area (TPSA) is 142 Å². The van der Waals surface area contributed by atoms with Gasteiger partial charge in [-0.3, -0.25) is 28.3 Å². The predicted molar refractivity (Wildman–Crippen MR) is 93.8 cm³/mol. The maximum absolute atomic E-state index is 12.3. The molecule has 0 bridgehead atoms. The number of Topliss-reactive ketones (excluding diaryl/α,β-unsaturated/α-hetero) is 1. The Morgan fingerprint density at radius 3 is 2.38 bits per heavy atom. The molecular formula is C16H24N4O6. The second-order valence-electron chi connectivity index (χ2n) is 6.23. The normalized spacial score (nSPS) is 10.7. The van der Waals surface area contributed by atoms with Gasteiger partial charge in [0.2, 0.25) is 11.7 Å². The Morgan fingerprint density at radius 2 is 1.85 bits per heavy atom. The van der Waals surface area contributed by atoms with Gasteiger partial charge in [0, 0.05) is 27.1 Å². The molecule has 0 aliphatic rings. The van der Waals surface area contributed by atoms with Gasteiger partial charge in [0.15, 0.2) is 6.61 Å². The standard InChI is InChI=1S/C16H24N4O6/c1-9(2)7-20-14(17)13(15(24)19(4)16(20)25)11(22)8-26-12(23)5-6-18-10(3)21/h9H,5-8,17H2,1-4H3,(H,18,21). The largest absolute Gasteiger partial charge is 0.457 e. The maximum Gasteiger partial charge on any atom is 0.332 e. The Labute approximate surface area is 149 Å². The highest BCUT2D eigenvalue weighted by Gasteiger charge is 2.22. The van der Waals surface area contributed by atoms with E-state index in [9.17, 15) is 24.0 Å². The van der Waals surface area contributed by atoms with Gasteiger partial charge in [0.05, 0.1) is 6.42 Å². The third-order valence-electron chi connectivity index (χ3n) is 3.48. The van der Waals surface area contributed by atoms with Crippen LogP contribution in [0.4, 0.5) is 5.82 Å². The molecule has 0 aromatic carbocycles. The van der Waals surface area contributed by atoms with Crippen molar-refractivity contribution < 1.29 is 19.1 Å². The number of rotatable bonds is 8. The van der Waals surface area contributed by atoms with Crippen LogP contribution in [0.1, 0.15) is 37.6 Å². The number of nitrogen functional groups attached to an aromatic ring is 1. The average molecular weight is 368 g/mol. The van der Waals surface area contributed by atoms with Crippen LogP contribution in [0.15, 0.2) is 9.59 Å². The molecule has 1 aromatic heterocycles. The van der Waals surface area contributed by atoms with E-state index in [0.29, 0.717) is 0 Å². The van der Waals surface area contributed by atoms with E-state index in [0.717, 1.165) is 9.13 Å². The van der Waals surface area contributed by atoms with Crippen molar-refractivity contribution in [3.8, 4) is 0 Å². The van der Waals surface area contributed by atoms with E-state index in [2.05, 4.69) is 5.32 Å². The van der Waals surface area contributed by atoms with E-state index in [1.165, 1.54) is 14.0 Å². The van der Waals surface area contributed by atoms with Crippen LogP contribution in [-0.2, 0) is 27.9 Å². The number of carbonyl (C=O) groups is 3. The summed E-state index contributed by atoms with van der Waals surface area (Å²) in [4.78, 5) is 59.0. The second kappa shape index (κ2) is 8.97. The van der Waals surface area contributed by atoms with Gasteiger partial charge in [-0.15, -0.1) is 0 Å². The molecule has 0 fully saturated rings. The van der Waals surface area contributed by atoms with Crippen LogP contribution in [0.2, 0.25) is 0 Å². The molecule has 0 aliphatic heterocycles. The van der Waals surface area contributed by atoms with Crippen molar-refractivity contribution >= 4 is 23.5 Å². The number of anilines is 1. The maximum atomic E-state index is 12.3. The monoisotopic (exact) mass is 368 g/mol. The van der Waals surface area contributed by atoms with Crippen molar-refractivity contribution in [3.05, 3.63) is 26.4 Å². The summed E-state index contributed by atoms with van der Waals surface area (Å²) in [5, 5.41) is 2.42. The second-order valence-corrected chi connectivity index (χ2v) is 6.23. The number of ketones is 1. The Hall–Kier alpha value is -2.91. The first kappa shape index (κ1) is 21.1. The fourth-order valence-corrected chi connectivity index (χ4v) is 2.22. The zero-order valence-electron chi connectivity index (χ0n) is 15.3. The fraction of sp³-hybridized carbons (Fsp3) is 0.562. The Balaban J connectivity index is 2.97. The zero-order chi connectivity index (χ0) is 20.0. The lowest BCUT2D eigenvalue weighted by Gasteiger charge is -2.16. The highest BCUT2D eigenvalue weighted by molar-refractivity contribution is 6.01. The summed E-state index contributed by atoms with van der Waals surface area (Å²) in [5.74, 6) is -1.99. The molecule has 3 N–H and O–H groups in total. The van der Waals surface area contributed by atoms with Gasteiger partial charge < -0.3 is 15.8 Å². The number of nitrogens with zero attached hydrogens (tertiary/aromatic N) is 2. The molecule has 0 aliphatic carbocycles. The van der Waals surface area contributed by atoms with Crippen LogP contribution in [0.5, 0.6) is 0 Å². The molecule has 144 valence electrons. The van der Waals surface area contributed by atoms with E-state index in [4.69, 9.17) is 10.5 Å². The molecule has 0 atom stereocenters. The van der Waals surface area contributed by atoms with Crippen LogP contribution in [0.25, 0.3) is 0 Å². The third kappa shape index (κ3) is 5.30. The van der Waals surface area contributed by atoms with Crippen LogP contribution >= 0.6 is 0 Å². The van der Waals surface area contributed by atoms with Gasteiger partial charge in [-0.05, 0) is 5.92 Å². The molecular weight excluding hydrogens is 344 g/mol. The number of amides is 1. The third-order valence-corrected chi connectivity index (χ3v) is 3.48. The lowest BCUT2D eigenvalue weighted by Crippen LogP contribution is -2.43. The van der Waals surface area contributed by atoms with Crippen LogP contribution in [0.3, 0.4) is 0 Å². The van der Waals surface area contributed by atoms with E-state index in [-0.39, 0.29) is 42.7 Å². The van der Waals surface area contributed by atoms with E-state index < -0.39 is 29.6 Å². The predicted octanol–water partition coefficient (Wildman–Crippen LogP) is -0.963. The number of esters is 1. The number of aromatic nitrogens is 2. The van der Waals surface area contributed by atoms with Gasteiger partial charge in [-0.2, -0.15) is 0 Å². The van der Waals surface area contributed by atoms with Crippen LogP contribution < -0.4 is 22.3 Å². The fourth-order valence-electron chi connectivity index (χ4n) is 2.22. The molecule has 0 radical (unpaired) electrons. The van der Waals surface area contributed by atoms with Crippen molar-refractivity contribution in [2.75, 3.05) is 18.9 Å². The zero-order valence-corrected chi connectivity index (χ0v) is 15.3. The summed E-state index contributed by atoms with van der Waals surface area (Å²) in [7, 11) is 1.25. The quantitative estimate of drug-likeness (QED) is 0.444. The number of nitrogens with two attached hydrogens (primary N) is 1. The minimum atomic E-state index is -0.841. The van der Waals surface area contributed by atoms with E-state index in [1.54, 1.807) is 0 Å². The number of hydrogen-bond donors (Lipinski definition) is 2. The molecule has 0 spiro atoms. The van der Waals surface area contributed by atoms with Gasteiger partial charge in [0.25, 0.3) is 5.56 Å². The molecule has 26 heavy (non-hydrogen) atoms. The number of nitrogens with one attached hydrogen (secondary N) is 1. The highest BCUT2D eigenvalue weighted by Crippen LogP contribution is 2.09. The van der Waals surface area contributed by atoms with Crippen molar-refractivity contribution in [1.29, 1.82) is 0 Å². The summed E-state index contributed by atoms with van der Waals surface area (Å²) >= 11 is 0. The molecule has 0 saturated carbocycles. The Bertz CT molecular complexity index is 821. The Kier molecular flexibility index (Phi) is 7.29. The molecule has 1 heterocycles. The van der Waals surface area contributed by atoms with Gasteiger partial charge in [-0.25, -0.2) is 4.79 Å². The van der Waals surface area contributed by atoms with Gasteiger partial charge in [0.1, 0.15) is 11.4 Å². The molecule has 0 saturated heterocycles. The molecule has 10 nitrogen and oxygen atoms in total. The SMILES string of the molecule is CC(=O)NCCC(=O)OCC(=O)c1c(N)n(CC(C)C)c(=O)n(C)c1=O. The minimum absolute atomic E-state index is 0.0575. The smallest absolute Gasteiger partial charge is 0.332 e. The lowest BCUT2D eigenvalue weighted by atomic mass is 10.1. The number of hydrogen-bond acceptors (Lipinski definition) is 7. The van der Waals surface area contributed by atoms with Crippen molar-refractivity contribution in [3.63, 3.8) is 0 Å². The van der Waals surface area contributed by atoms with E-state index >= 15 is 0 Å².